The van der Waals surface area contributed by atoms with Crippen LogP contribution in [0.15, 0.2) is 42.9 Å². The molecule has 0 unspecified atom stereocenters. The maximum absolute atomic E-state index is 5.47. The lowest BCUT2D eigenvalue weighted by Gasteiger charge is -2.14. The lowest BCUT2D eigenvalue weighted by Crippen LogP contribution is -2.15. The molecule has 0 spiro atoms. The first kappa shape index (κ1) is 8.23. The molecule has 1 aliphatic rings. The molecule has 74 valence electrons. The molecule has 0 radical (unpaired) electrons. The van der Waals surface area contributed by atoms with E-state index in [2.05, 4.69) is 9.97 Å². The molecule has 1 aromatic carbocycles. The van der Waals surface area contributed by atoms with Crippen molar-refractivity contribution in [3.05, 3.63) is 42.9 Å². The molecule has 2 heterocycles. The Balaban J connectivity index is 2.05. The SMILES string of the molecule is c1ccc(N2COc3cncnc32)cc1. The predicted molar refractivity (Wildman–Crippen MR) is 56.1 cm³/mol. The van der Waals surface area contributed by atoms with Gasteiger partial charge in [0.1, 0.15) is 6.33 Å². The van der Waals surface area contributed by atoms with E-state index in [1.165, 1.54) is 6.33 Å². The molecule has 1 aliphatic heterocycles. The number of aromatic nitrogens is 2. The Labute approximate surface area is 87.2 Å². The zero-order chi connectivity index (χ0) is 10.1. The third-order valence-corrected chi connectivity index (χ3v) is 2.33. The van der Waals surface area contributed by atoms with Gasteiger partial charge in [-0.25, -0.2) is 9.97 Å². The molecule has 0 N–H and O–H groups in total. The van der Waals surface area contributed by atoms with Gasteiger partial charge in [0.25, 0.3) is 0 Å². The Morgan fingerprint density at radius 2 is 2.07 bits per heavy atom. The van der Waals surface area contributed by atoms with Gasteiger partial charge in [-0.1, -0.05) is 18.2 Å². The Kier molecular flexibility index (Phi) is 1.78. The molecular formula is C11H9N3O. The fourth-order valence-electron chi connectivity index (χ4n) is 1.61. The third kappa shape index (κ3) is 1.30. The molecular weight excluding hydrogens is 190 g/mol. The standard InChI is InChI=1S/C11H9N3O/c1-2-4-9(5-3-1)14-8-15-10-6-12-7-13-11(10)14/h1-7H,8H2. The first-order valence-electron chi connectivity index (χ1n) is 4.70. The second kappa shape index (κ2) is 3.24. The van der Waals surface area contributed by atoms with E-state index in [9.17, 15) is 0 Å². The van der Waals surface area contributed by atoms with Crippen LogP contribution in [-0.2, 0) is 0 Å². The molecule has 0 atom stereocenters. The summed E-state index contributed by atoms with van der Waals surface area (Å²) in [7, 11) is 0. The van der Waals surface area contributed by atoms with Crippen molar-refractivity contribution >= 4 is 11.5 Å². The average molecular weight is 199 g/mol. The monoisotopic (exact) mass is 199 g/mol. The second-order valence-electron chi connectivity index (χ2n) is 3.25. The van der Waals surface area contributed by atoms with E-state index in [0.29, 0.717) is 6.73 Å². The third-order valence-electron chi connectivity index (χ3n) is 2.33. The van der Waals surface area contributed by atoms with Gasteiger partial charge in [-0.2, -0.15) is 0 Å². The van der Waals surface area contributed by atoms with Crippen LogP contribution < -0.4 is 9.64 Å². The molecule has 15 heavy (non-hydrogen) atoms. The second-order valence-corrected chi connectivity index (χ2v) is 3.25. The van der Waals surface area contributed by atoms with Crippen molar-refractivity contribution in [2.45, 2.75) is 0 Å². The smallest absolute Gasteiger partial charge is 0.183 e. The van der Waals surface area contributed by atoms with Gasteiger partial charge in [-0.3, -0.25) is 4.90 Å². The summed E-state index contributed by atoms with van der Waals surface area (Å²) in [5, 5.41) is 0. The number of para-hydroxylation sites is 1. The molecule has 0 saturated carbocycles. The highest BCUT2D eigenvalue weighted by Gasteiger charge is 2.22. The van der Waals surface area contributed by atoms with Crippen molar-refractivity contribution in [1.82, 2.24) is 9.97 Å². The summed E-state index contributed by atoms with van der Waals surface area (Å²) < 4.78 is 5.47. The molecule has 3 rings (SSSR count). The summed E-state index contributed by atoms with van der Waals surface area (Å²) in [5.41, 5.74) is 1.08. The minimum atomic E-state index is 0.498. The molecule has 2 aromatic rings. The van der Waals surface area contributed by atoms with Crippen molar-refractivity contribution < 1.29 is 4.74 Å². The number of rotatable bonds is 1. The summed E-state index contributed by atoms with van der Waals surface area (Å²) in [5.74, 6) is 1.57. The van der Waals surface area contributed by atoms with Crippen molar-refractivity contribution in [3.63, 3.8) is 0 Å². The summed E-state index contributed by atoms with van der Waals surface area (Å²) in [6, 6.07) is 10.0. The first-order chi connectivity index (χ1) is 7.45. The van der Waals surface area contributed by atoms with Gasteiger partial charge in [-0.15, -0.1) is 0 Å². The normalized spacial score (nSPS) is 13.5. The lowest BCUT2D eigenvalue weighted by molar-refractivity contribution is 0.356. The number of benzene rings is 1. The Bertz CT molecular complexity index is 472. The van der Waals surface area contributed by atoms with Crippen LogP contribution in [0, 0.1) is 0 Å². The van der Waals surface area contributed by atoms with Gasteiger partial charge in [0.05, 0.1) is 6.20 Å². The molecule has 4 heteroatoms. The highest BCUT2D eigenvalue weighted by molar-refractivity contribution is 5.66. The minimum absolute atomic E-state index is 0.498. The number of hydrogen-bond acceptors (Lipinski definition) is 4. The van der Waals surface area contributed by atoms with Gasteiger partial charge >= 0.3 is 0 Å². The van der Waals surface area contributed by atoms with Crippen LogP contribution in [0.4, 0.5) is 11.5 Å². The van der Waals surface area contributed by atoms with Gasteiger partial charge < -0.3 is 4.74 Å². The highest BCUT2D eigenvalue weighted by Crippen LogP contribution is 2.35. The van der Waals surface area contributed by atoms with Gasteiger partial charge in [-0.05, 0) is 12.1 Å². The number of fused-ring (bicyclic) bond motifs is 1. The number of nitrogens with zero attached hydrogens (tertiary/aromatic N) is 3. The van der Waals surface area contributed by atoms with E-state index in [4.69, 9.17) is 4.74 Å². The first-order valence-corrected chi connectivity index (χ1v) is 4.70. The van der Waals surface area contributed by atoms with E-state index in [0.717, 1.165) is 17.3 Å². The van der Waals surface area contributed by atoms with Crippen LogP contribution in [0.1, 0.15) is 0 Å². The van der Waals surface area contributed by atoms with Crippen LogP contribution >= 0.6 is 0 Å². The Morgan fingerprint density at radius 3 is 2.93 bits per heavy atom. The highest BCUT2D eigenvalue weighted by atomic mass is 16.5. The zero-order valence-electron chi connectivity index (χ0n) is 8.00. The van der Waals surface area contributed by atoms with Gasteiger partial charge in [0.15, 0.2) is 18.3 Å². The van der Waals surface area contributed by atoms with Crippen molar-refractivity contribution in [3.8, 4) is 5.75 Å². The van der Waals surface area contributed by atoms with Gasteiger partial charge in [0, 0.05) is 5.69 Å². The number of ether oxygens (including phenoxy) is 1. The Hall–Kier alpha value is -2.10. The summed E-state index contributed by atoms with van der Waals surface area (Å²) in [6.45, 7) is 0.498. The fourth-order valence-corrected chi connectivity index (χ4v) is 1.61. The van der Waals surface area contributed by atoms with Crippen LogP contribution in [0.25, 0.3) is 0 Å². The largest absolute Gasteiger partial charge is 0.467 e. The predicted octanol–water partition coefficient (Wildman–Crippen LogP) is 1.96. The van der Waals surface area contributed by atoms with Crippen LogP contribution in [0.5, 0.6) is 5.75 Å². The molecule has 1 aromatic heterocycles. The van der Waals surface area contributed by atoms with E-state index in [-0.39, 0.29) is 0 Å². The van der Waals surface area contributed by atoms with Crippen molar-refractivity contribution in [1.29, 1.82) is 0 Å². The molecule has 0 fully saturated rings. The average Bonchev–Trinajstić information content (AvgIpc) is 2.74. The van der Waals surface area contributed by atoms with Crippen LogP contribution in [0.3, 0.4) is 0 Å². The maximum atomic E-state index is 5.47. The van der Waals surface area contributed by atoms with E-state index < -0.39 is 0 Å². The number of anilines is 2. The van der Waals surface area contributed by atoms with E-state index in [1.54, 1.807) is 6.20 Å². The van der Waals surface area contributed by atoms with Gasteiger partial charge in [0.2, 0.25) is 0 Å². The topological polar surface area (TPSA) is 38.2 Å². The van der Waals surface area contributed by atoms with E-state index in [1.807, 2.05) is 35.2 Å². The number of hydrogen-bond donors (Lipinski definition) is 0. The lowest BCUT2D eigenvalue weighted by atomic mass is 10.3. The summed E-state index contributed by atoms with van der Waals surface area (Å²) >= 11 is 0. The van der Waals surface area contributed by atoms with Crippen LogP contribution in [0.2, 0.25) is 0 Å². The fraction of sp³-hybridized carbons (Fsp3) is 0.0909. The molecule has 4 nitrogen and oxygen atoms in total. The zero-order valence-corrected chi connectivity index (χ0v) is 8.00. The molecule has 0 amide bonds. The summed E-state index contributed by atoms with van der Waals surface area (Å²) in [6.07, 6.45) is 3.22. The molecule has 0 saturated heterocycles. The minimum Gasteiger partial charge on any atom is -0.467 e. The molecule has 0 aliphatic carbocycles. The quantitative estimate of drug-likeness (QED) is 0.703. The van der Waals surface area contributed by atoms with Crippen LogP contribution in [-0.4, -0.2) is 16.7 Å². The van der Waals surface area contributed by atoms with E-state index >= 15 is 0 Å². The summed E-state index contributed by atoms with van der Waals surface area (Å²) in [4.78, 5) is 10.1. The van der Waals surface area contributed by atoms with Crippen molar-refractivity contribution in [2.75, 3.05) is 11.6 Å². The Morgan fingerprint density at radius 1 is 1.20 bits per heavy atom. The molecule has 0 bridgehead atoms. The maximum Gasteiger partial charge on any atom is 0.183 e. The van der Waals surface area contributed by atoms with Crippen molar-refractivity contribution in [2.24, 2.45) is 0 Å².